The van der Waals surface area contributed by atoms with Crippen LogP contribution in [0.5, 0.6) is 0 Å². The largest absolute Gasteiger partial charge is 0.461 e. The first kappa shape index (κ1) is 71.4. The molecule has 3 aliphatic rings. The quantitative estimate of drug-likeness (QED) is 0.0719. The molecule has 84 heavy (non-hydrogen) atoms. The van der Waals surface area contributed by atoms with Crippen molar-refractivity contribution in [3.63, 3.8) is 0 Å². The summed E-state index contributed by atoms with van der Waals surface area (Å²) < 4.78 is 24.3. The topological polar surface area (TPSA) is 358 Å². The number of aliphatic hydroxyl groups is 10. The Balaban J connectivity index is 1.57. The zero-order valence-electron chi connectivity index (χ0n) is 49.2. The number of anilines is 1. The van der Waals surface area contributed by atoms with E-state index in [1.54, 1.807) is 117 Å². The molecule has 0 aliphatic carbocycles. The maximum atomic E-state index is 13.7. The van der Waals surface area contributed by atoms with Gasteiger partial charge in [-0.15, -0.1) is 0 Å². The number of allylic oxidation sites excluding steroid dienone is 12. The van der Waals surface area contributed by atoms with E-state index < -0.39 is 160 Å². The Morgan fingerprint density at radius 2 is 1.31 bits per heavy atom. The third kappa shape index (κ3) is 25.1. The lowest BCUT2D eigenvalue weighted by atomic mass is 9.82. The van der Waals surface area contributed by atoms with Gasteiger partial charge in [-0.2, -0.15) is 0 Å². The number of Topliss-reactive ketones (excluding diaryl/α,β-unsaturated/α-hetero) is 2. The van der Waals surface area contributed by atoms with E-state index in [1.807, 2.05) is 26.8 Å². The molecule has 470 valence electrons. The van der Waals surface area contributed by atoms with Gasteiger partial charge in [0.25, 0.3) is 0 Å². The molecule has 0 radical (unpaired) electrons. The van der Waals surface area contributed by atoms with Gasteiger partial charge in [0.05, 0.1) is 85.5 Å². The predicted molar refractivity (Wildman–Crippen MR) is 315 cm³/mol. The molecule has 0 saturated carbocycles. The first-order valence-corrected chi connectivity index (χ1v) is 29.5. The molecule has 3 heterocycles. The number of carbonyl (C=O) groups excluding carboxylic acids is 4. The molecule has 19 atom stereocenters. The smallest absolute Gasteiger partial charge is 0.308 e. The van der Waals surface area contributed by atoms with Crippen LogP contribution in [0.4, 0.5) is 5.69 Å². The van der Waals surface area contributed by atoms with Gasteiger partial charge in [0.15, 0.2) is 17.9 Å². The number of esters is 1. The molecule has 2 bridgehead atoms. The molecule has 2 saturated heterocycles. The van der Waals surface area contributed by atoms with E-state index in [9.17, 15) is 70.2 Å². The Kier molecular flexibility index (Phi) is 31.3. The second kappa shape index (κ2) is 36.8. The highest BCUT2D eigenvalue weighted by atomic mass is 16.7. The number of nitrogens with one attached hydrogen (secondary N) is 2. The Morgan fingerprint density at radius 1 is 0.738 bits per heavy atom. The molecule has 3 aliphatic heterocycles. The minimum absolute atomic E-state index is 0.101. The summed E-state index contributed by atoms with van der Waals surface area (Å²) in [7, 11) is 1.77. The number of rotatable bonds is 14. The van der Waals surface area contributed by atoms with Crippen LogP contribution in [0.1, 0.15) is 128 Å². The Labute approximate surface area is 494 Å². The number of aliphatic hydroxyl groups excluding tert-OH is 9. The van der Waals surface area contributed by atoms with E-state index in [0.717, 1.165) is 12.1 Å². The SMILES string of the molecule is CCCCNC(=O)C1C(O)CC2(O)CC(O)CC(O)CC(O)CC(O)CC(=O)CC(O)CC(=O)OC(C(C)CCC(O)CC(=O)c3ccc(NC)cc3)C(C)C=CC=CC=CC=CC=CC=CC=CC(O[C@@H]3O[C@H](C)[C@@H](O)[C@H](N)[C@@H]3O)CC1O2. The highest BCUT2D eigenvalue weighted by Crippen LogP contribution is 2.38. The fourth-order valence-electron chi connectivity index (χ4n) is 10.6. The average molecular weight is 1180 g/mol. The van der Waals surface area contributed by atoms with Crippen LogP contribution in [0, 0.1) is 17.8 Å². The number of unbranched alkanes of at least 4 members (excludes halogenated alkanes) is 1. The summed E-state index contributed by atoms with van der Waals surface area (Å²) in [5.74, 6) is -6.38. The summed E-state index contributed by atoms with van der Waals surface area (Å²) in [4.78, 5) is 53.1. The summed E-state index contributed by atoms with van der Waals surface area (Å²) in [5.41, 5.74) is 7.44. The summed E-state index contributed by atoms with van der Waals surface area (Å²) in [6, 6.07) is 5.78. The van der Waals surface area contributed by atoms with E-state index in [-0.39, 0.29) is 49.7 Å². The standard InChI is InChI=1S/C63H95N3O18/c1-6-7-28-66-61(79)56-53(75)38-63(80)37-50(73)33-48(71)31-46(69)29-45(68)30-47(70)32-49(72)35-55(76)83-60(40(3)22-27-44(67)34-52(74)42-23-25-43(65-5)26-24-42)39(2)20-18-16-14-12-10-8-9-11-13-15-17-19-21-51(36-54(56)84-63)82-62-59(78)57(64)58(77)41(4)81-62/h8-21,23-26,39-41,44-46,48-51,53-54,56-60,62,65,67-69,71-73,75,77-78,80H,6-7,22,27-38,64H2,1-5H3,(H,66,79)/t39?,40?,41-,44?,45?,46?,48?,49?,50?,51?,53?,54?,56?,57+,58-,59+,60?,62+,63?/m1/s1. The number of ether oxygens (including phenoxy) is 4. The predicted octanol–water partition coefficient (Wildman–Crippen LogP) is 3.58. The van der Waals surface area contributed by atoms with E-state index in [1.165, 1.54) is 0 Å². The van der Waals surface area contributed by atoms with Crippen LogP contribution in [0.25, 0.3) is 0 Å². The highest BCUT2D eigenvalue weighted by molar-refractivity contribution is 5.96. The van der Waals surface area contributed by atoms with Crippen LogP contribution in [-0.2, 0) is 33.3 Å². The van der Waals surface area contributed by atoms with Crippen molar-refractivity contribution in [3.05, 3.63) is 115 Å². The Bertz CT molecular complexity index is 2380. The van der Waals surface area contributed by atoms with E-state index in [2.05, 4.69) is 10.6 Å². The number of hydrogen-bond donors (Lipinski definition) is 13. The van der Waals surface area contributed by atoms with Gasteiger partial charge >= 0.3 is 5.97 Å². The Hall–Kier alpha value is -5.08. The molecule has 4 rings (SSSR count). The zero-order chi connectivity index (χ0) is 61.9. The van der Waals surface area contributed by atoms with Gasteiger partial charge in [0, 0.05) is 69.3 Å². The van der Waals surface area contributed by atoms with Gasteiger partial charge in [-0.05, 0) is 75.6 Å². The fraction of sp³-hybridized carbons (Fsp3) is 0.619. The monoisotopic (exact) mass is 1180 g/mol. The second-order valence-electron chi connectivity index (χ2n) is 22.7. The van der Waals surface area contributed by atoms with Gasteiger partial charge in [-0.25, -0.2) is 0 Å². The van der Waals surface area contributed by atoms with Gasteiger partial charge < -0.3 is 86.4 Å². The average Bonchev–Trinajstić information content (AvgIpc) is 2.09. The van der Waals surface area contributed by atoms with Crippen molar-refractivity contribution in [2.75, 3.05) is 18.9 Å². The van der Waals surface area contributed by atoms with Crippen LogP contribution < -0.4 is 16.4 Å². The minimum Gasteiger partial charge on any atom is -0.461 e. The van der Waals surface area contributed by atoms with Crippen LogP contribution in [0.15, 0.2) is 109 Å². The summed E-state index contributed by atoms with van der Waals surface area (Å²) in [6.45, 7) is 7.51. The summed E-state index contributed by atoms with van der Waals surface area (Å²) in [6.07, 6.45) is 4.95. The molecule has 14 N–H and O–H groups in total. The molecule has 1 aromatic rings. The highest BCUT2D eigenvalue weighted by Gasteiger charge is 2.51. The lowest BCUT2D eigenvalue weighted by Gasteiger charge is -2.46. The Morgan fingerprint density at radius 3 is 1.92 bits per heavy atom. The van der Waals surface area contributed by atoms with Gasteiger partial charge in [0.1, 0.15) is 18.0 Å². The lowest BCUT2D eigenvalue weighted by molar-refractivity contribution is -0.307. The van der Waals surface area contributed by atoms with Crippen molar-refractivity contribution in [2.45, 2.75) is 215 Å². The number of fused-ring (bicyclic) bond motifs is 2. The normalized spacial score (nSPS) is 34.1. The minimum atomic E-state index is -2.26. The van der Waals surface area contributed by atoms with Gasteiger partial charge in [0.2, 0.25) is 5.91 Å². The molecule has 14 unspecified atom stereocenters. The first-order chi connectivity index (χ1) is 39.9. The number of cyclic esters (lactones) is 1. The number of amides is 1. The summed E-state index contributed by atoms with van der Waals surface area (Å²) in [5, 5.41) is 116. The molecule has 21 heteroatoms. The number of carbonyl (C=O) groups is 4. The van der Waals surface area contributed by atoms with Crippen molar-refractivity contribution in [2.24, 2.45) is 23.5 Å². The van der Waals surface area contributed by atoms with Crippen LogP contribution >= 0.6 is 0 Å². The van der Waals surface area contributed by atoms with Crippen molar-refractivity contribution in [1.82, 2.24) is 5.32 Å². The third-order valence-corrected chi connectivity index (χ3v) is 15.2. The number of hydrogen-bond acceptors (Lipinski definition) is 20. The van der Waals surface area contributed by atoms with E-state index >= 15 is 0 Å². The second-order valence-corrected chi connectivity index (χ2v) is 22.7. The molecule has 0 aromatic heterocycles. The van der Waals surface area contributed by atoms with Crippen molar-refractivity contribution >= 4 is 29.1 Å². The maximum absolute atomic E-state index is 13.7. The third-order valence-electron chi connectivity index (χ3n) is 15.2. The van der Waals surface area contributed by atoms with Crippen LogP contribution in [0.3, 0.4) is 0 Å². The summed E-state index contributed by atoms with van der Waals surface area (Å²) >= 11 is 0. The van der Waals surface area contributed by atoms with Crippen LogP contribution in [0.2, 0.25) is 0 Å². The van der Waals surface area contributed by atoms with Crippen LogP contribution in [-0.4, -0.2) is 186 Å². The van der Waals surface area contributed by atoms with Gasteiger partial charge in [-0.3, -0.25) is 19.2 Å². The number of ketones is 2. The molecule has 0 spiro atoms. The molecule has 1 aromatic carbocycles. The van der Waals surface area contributed by atoms with Crippen molar-refractivity contribution in [1.29, 1.82) is 0 Å². The van der Waals surface area contributed by atoms with E-state index in [0.29, 0.717) is 24.9 Å². The molecular formula is C63H95N3O18. The first-order valence-electron chi connectivity index (χ1n) is 29.5. The van der Waals surface area contributed by atoms with Crippen molar-refractivity contribution in [3.8, 4) is 0 Å². The number of nitrogens with two attached hydrogens (primary N) is 1. The molecule has 1 amide bonds. The molecule has 21 nitrogen and oxygen atoms in total. The van der Waals surface area contributed by atoms with Crippen molar-refractivity contribution < 1.29 is 89.2 Å². The van der Waals surface area contributed by atoms with E-state index in [4.69, 9.17) is 24.7 Å². The lowest BCUT2D eigenvalue weighted by Crippen LogP contribution is -2.62. The molecular weight excluding hydrogens is 1090 g/mol. The maximum Gasteiger partial charge on any atom is 0.308 e. The zero-order valence-corrected chi connectivity index (χ0v) is 49.2. The number of benzene rings is 1. The fourth-order valence-corrected chi connectivity index (χ4v) is 10.6. The molecule has 2 fully saturated rings. The van der Waals surface area contributed by atoms with Gasteiger partial charge in [-0.1, -0.05) is 112 Å².